The largest absolute Gasteiger partial charge is 0.492 e. The quantitative estimate of drug-likeness (QED) is 0.821. The minimum absolute atomic E-state index is 0.00194. The number of nitrogens with two attached hydrogens (primary N) is 1. The highest BCUT2D eigenvalue weighted by Crippen LogP contribution is 2.17. The molecular formula is C13H19N3O2. The second kappa shape index (κ2) is 5.73. The summed E-state index contributed by atoms with van der Waals surface area (Å²) in [6.45, 7) is 4.51. The number of ether oxygens (including phenoxy) is 1. The molecule has 2 rings (SSSR count). The molecule has 0 aliphatic carbocycles. The van der Waals surface area contributed by atoms with Crippen LogP contribution in [-0.4, -0.2) is 37.2 Å². The van der Waals surface area contributed by atoms with Crippen LogP contribution in [0.15, 0.2) is 24.3 Å². The van der Waals surface area contributed by atoms with Gasteiger partial charge in [-0.25, -0.2) is 4.79 Å². The van der Waals surface area contributed by atoms with Crippen molar-refractivity contribution >= 4 is 6.03 Å². The fourth-order valence-electron chi connectivity index (χ4n) is 1.89. The predicted octanol–water partition coefficient (Wildman–Crippen LogP) is 1.11. The molecule has 0 bridgehead atoms. The molecule has 18 heavy (non-hydrogen) atoms. The summed E-state index contributed by atoms with van der Waals surface area (Å²) >= 11 is 0. The third-order valence-corrected chi connectivity index (χ3v) is 2.96. The van der Waals surface area contributed by atoms with E-state index in [4.69, 9.17) is 10.5 Å². The van der Waals surface area contributed by atoms with Crippen LogP contribution in [0.3, 0.4) is 0 Å². The van der Waals surface area contributed by atoms with Gasteiger partial charge in [-0.05, 0) is 24.6 Å². The smallest absolute Gasteiger partial charge is 0.317 e. The van der Waals surface area contributed by atoms with Gasteiger partial charge in [-0.2, -0.15) is 0 Å². The first-order valence-corrected chi connectivity index (χ1v) is 6.18. The van der Waals surface area contributed by atoms with Gasteiger partial charge < -0.3 is 20.7 Å². The number of urea groups is 1. The van der Waals surface area contributed by atoms with Gasteiger partial charge in [0.15, 0.2) is 0 Å². The zero-order valence-corrected chi connectivity index (χ0v) is 10.6. The van der Waals surface area contributed by atoms with E-state index in [0.717, 1.165) is 24.4 Å². The normalized spacial score (nSPS) is 16.6. The summed E-state index contributed by atoms with van der Waals surface area (Å²) in [4.78, 5) is 13.0. The van der Waals surface area contributed by atoms with Crippen LogP contribution in [0, 0.1) is 0 Å². The molecule has 3 N–H and O–H groups in total. The maximum atomic E-state index is 11.3. The number of hydrogen-bond acceptors (Lipinski definition) is 3. The number of hydrogen-bond donors (Lipinski definition) is 2. The first-order valence-electron chi connectivity index (χ1n) is 6.18. The van der Waals surface area contributed by atoms with Gasteiger partial charge in [0.2, 0.25) is 0 Å². The molecular weight excluding hydrogens is 230 g/mol. The molecule has 1 heterocycles. The van der Waals surface area contributed by atoms with Gasteiger partial charge >= 0.3 is 6.03 Å². The highest BCUT2D eigenvalue weighted by Gasteiger charge is 2.18. The van der Waals surface area contributed by atoms with Crippen LogP contribution in [0.2, 0.25) is 0 Å². The molecule has 1 fully saturated rings. The fourth-order valence-corrected chi connectivity index (χ4v) is 1.89. The van der Waals surface area contributed by atoms with Gasteiger partial charge in [0.1, 0.15) is 12.4 Å². The van der Waals surface area contributed by atoms with Crippen LogP contribution < -0.4 is 15.8 Å². The molecule has 1 aliphatic heterocycles. The van der Waals surface area contributed by atoms with E-state index in [-0.39, 0.29) is 12.1 Å². The molecule has 2 amide bonds. The van der Waals surface area contributed by atoms with Crippen molar-refractivity contribution in [2.45, 2.75) is 13.0 Å². The third kappa shape index (κ3) is 3.13. The number of carbonyl (C=O) groups excluding carboxylic acids is 1. The van der Waals surface area contributed by atoms with Gasteiger partial charge in [-0.3, -0.25) is 0 Å². The number of rotatable bonds is 5. The number of nitrogens with zero attached hydrogens (tertiary/aromatic N) is 1. The standard InChI is InChI=1S/C13H19N3O2/c1-10(14)11-3-2-4-12(9-11)18-8-7-16-6-5-15-13(16)17/h2-4,9-10H,5-8,14H2,1H3,(H,15,17)/t10-/m0/s1. The molecule has 0 radical (unpaired) electrons. The Labute approximate surface area is 107 Å². The fraction of sp³-hybridized carbons (Fsp3) is 0.462. The van der Waals surface area contributed by atoms with E-state index < -0.39 is 0 Å². The van der Waals surface area contributed by atoms with Crippen molar-refractivity contribution in [1.82, 2.24) is 10.2 Å². The first-order chi connectivity index (χ1) is 8.66. The molecule has 98 valence electrons. The second-order valence-electron chi connectivity index (χ2n) is 4.43. The number of amides is 2. The molecule has 0 spiro atoms. The Morgan fingerprint density at radius 3 is 3.06 bits per heavy atom. The van der Waals surface area contributed by atoms with Gasteiger partial charge in [0.05, 0.1) is 6.54 Å². The Hall–Kier alpha value is -1.75. The molecule has 0 saturated carbocycles. The minimum atomic E-state index is -0.0112. The molecule has 1 saturated heterocycles. The van der Waals surface area contributed by atoms with E-state index in [0.29, 0.717) is 13.2 Å². The molecule has 5 heteroatoms. The predicted molar refractivity (Wildman–Crippen MR) is 69.5 cm³/mol. The lowest BCUT2D eigenvalue weighted by Gasteiger charge is -2.15. The zero-order chi connectivity index (χ0) is 13.0. The van der Waals surface area contributed by atoms with Crippen molar-refractivity contribution < 1.29 is 9.53 Å². The summed E-state index contributed by atoms with van der Waals surface area (Å²) in [5.41, 5.74) is 6.86. The van der Waals surface area contributed by atoms with Crippen LogP contribution in [0.1, 0.15) is 18.5 Å². The first kappa shape index (κ1) is 12.7. The highest BCUT2D eigenvalue weighted by molar-refractivity contribution is 5.76. The molecule has 5 nitrogen and oxygen atoms in total. The molecule has 0 aromatic heterocycles. The van der Waals surface area contributed by atoms with Crippen molar-refractivity contribution in [1.29, 1.82) is 0 Å². The highest BCUT2D eigenvalue weighted by atomic mass is 16.5. The molecule has 1 atom stereocenters. The lowest BCUT2D eigenvalue weighted by Crippen LogP contribution is -2.31. The van der Waals surface area contributed by atoms with Gasteiger partial charge in [-0.15, -0.1) is 0 Å². The van der Waals surface area contributed by atoms with E-state index in [1.54, 1.807) is 4.90 Å². The van der Waals surface area contributed by atoms with Gasteiger partial charge in [0.25, 0.3) is 0 Å². The maximum Gasteiger partial charge on any atom is 0.317 e. The Morgan fingerprint density at radius 1 is 1.56 bits per heavy atom. The summed E-state index contributed by atoms with van der Waals surface area (Å²) in [5, 5.41) is 2.76. The van der Waals surface area contributed by atoms with Crippen molar-refractivity contribution in [3.05, 3.63) is 29.8 Å². The average molecular weight is 249 g/mol. The molecule has 1 aromatic carbocycles. The van der Waals surface area contributed by atoms with Crippen molar-refractivity contribution in [2.24, 2.45) is 5.73 Å². The average Bonchev–Trinajstić information content (AvgIpc) is 2.76. The van der Waals surface area contributed by atoms with Crippen LogP contribution in [0.5, 0.6) is 5.75 Å². The van der Waals surface area contributed by atoms with Crippen LogP contribution in [-0.2, 0) is 0 Å². The second-order valence-corrected chi connectivity index (χ2v) is 4.43. The van der Waals surface area contributed by atoms with Crippen LogP contribution in [0.4, 0.5) is 4.79 Å². The Kier molecular flexibility index (Phi) is 4.04. The molecule has 1 aliphatic rings. The summed E-state index contributed by atoms with van der Waals surface area (Å²) in [6, 6.07) is 7.73. The van der Waals surface area contributed by atoms with E-state index in [9.17, 15) is 4.79 Å². The Balaban J connectivity index is 1.82. The summed E-state index contributed by atoms with van der Waals surface area (Å²) in [6.07, 6.45) is 0. The summed E-state index contributed by atoms with van der Waals surface area (Å²) < 4.78 is 5.63. The van der Waals surface area contributed by atoms with Crippen LogP contribution >= 0.6 is 0 Å². The summed E-state index contributed by atoms with van der Waals surface area (Å²) in [5.74, 6) is 0.796. The maximum absolute atomic E-state index is 11.3. The van der Waals surface area contributed by atoms with Crippen molar-refractivity contribution in [2.75, 3.05) is 26.2 Å². The van der Waals surface area contributed by atoms with Gasteiger partial charge in [-0.1, -0.05) is 12.1 Å². The van der Waals surface area contributed by atoms with E-state index >= 15 is 0 Å². The molecule has 1 aromatic rings. The SMILES string of the molecule is C[C@H](N)c1cccc(OCCN2CCNC2=O)c1. The zero-order valence-electron chi connectivity index (χ0n) is 10.6. The van der Waals surface area contributed by atoms with Crippen molar-refractivity contribution in [3.8, 4) is 5.75 Å². The lowest BCUT2D eigenvalue weighted by atomic mass is 10.1. The Bertz CT molecular complexity index is 420. The van der Waals surface area contributed by atoms with E-state index in [1.807, 2.05) is 31.2 Å². The lowest BCUT2D eigenvalue weighted by molar-refractivity contribution is 0.202. The third-order valence-electron chi connectivity index (χ3n) is 2.96. The summed E-state index contributed by atoms with van der Waals surface area (Å²) in [7, 11) is 0. The van der Waals surface area contributed by atoms with Gasteiger partial charge in [0, 0.05) is 19.1 Å². The topological polar surface area (TPSA) is 67.6 Å². The van der Waals surface area contributed by atoms with E-state index in [2.05, 4.69) is 5.32 Å². The number of nitrogens with one attached hydrogen (secondary N) is 1. The molecule has 0 unspecified atom stereocenters. The van der Waals surface area contributed by atoms with Crippen LogP contribution in [0.25, 0.3) is 0 Å². The number of benzene rings is 1. The minimum Gasteiger partial charge on any atom is -0.492 e. The monoisotopic (exact) mass is 249 g/mol. The van der Waals surface area contributed by atoms with Crippen molar-refractivity contribution in [3.63, 3.8) is 0 Å². The number of carbonyl (C=O) groups is 1. The van der Waals surface area contributed by atoms with E-state index in [1.165, 1.54) is 0 Å². The Morgan fingerprint density at radius 2 is 2.39 bits per heavy atom.